The van der Waals surface area contributed by atoms with E-state index in [0.29, 0.717) is 39.6 Å². The molecule has 1 saturated heterocycles. The van der Waals surface area contributed by atoms with Gasteiger partial charge in [0.05, 0.1) is 24.3 Å². The summed E-state index contributed by atoms with van der Waals surface area (Å²) < 4.78 is 12.7. The van der Waals surface area contributed by atoms with E-state index in [-0.39, 0.29) is 5.91 Å². The van der Waals surface area contributed by atoms with Crippen molar-refractivity contribution in [2.45, 2.75) is 6.42 Å². The number of benzene rings is 1. The van der Waals surface area contributed by atoms with Gasteiger partial charge in [0.15, 0.2) is 0 Å². The van der Waals surface area contributed by atoms with E-state index in [1.54, 1.807) is 43.7 Å². The largest absolute Gasteiger partial charge is 0.495 e. The lowest BCUT2D eigenvalue weighted by molar-refractivity contribution is -0.127. The van der Waals surface area contributed by atoms with Crippen LogP contribution in [-0.2, 0) is 4.79 Å². The molecule has 1 aromatic heterocycles. The minimum atomic E-state index is 0.0785. The van der Waals surface area contributed by atoms with Crippen molar-refractivity contribution in [3.05, 3.63) is 43.6 Å². The summed E-state index contributed by atoms with van der Waals surface area (Å²) >= 11 is 15.6. The number of hydrogen-bond donors (Lipinski definition) is 1. The van der Waals surface area contributed by atoms with E-state index >= 15 is 0 Å². The average Bonchev–Trinajstić information content (AvgIpc) is 2.93. The Morgan fingerprint density at radius 1 is 1.13 bits per heavy atom. The molecular formula is C26H31Cl2IN6O3. The van der Waals surface area contributed by atoms with E-state index in [1.165, 1.54) is 0 Å². The summed E-state index contributed by atoms with van der Waals surface area (Å²) in [5.74, 6) is 2.49. The van der Waals surface area contributed by atoms with Crippen molar-refractivity contribution in [1.82, 2.24) is 19.8 Å². The van der Waals surface area contributed by atoms with Crippen molar-refractivity contribution in [2.24, 2.45) is 0 Å². The van der Waals surface area contributed by atoms with Crippen molar-refractivity contribution in [3.63, 3.8) is 0 Å². The SMILES string of the molecule is CNc1ncc2c(n1)N(CCCN1CCN(C(=O)/C=C/I)CC1)CC(c1c(Cl)c(OC)cc(OC)c1Cl)=C2. The Kier molecular flexibility index (Phi) is 9.97. The van der Waals surface area contributed by atoms with Crippen LogP contribution in [0, 0.1) is 0 Å². The predicted octanol–water partition coefficient (Wildman–Crippen LogP) is 4.69. The Hall–Kier alpha value is -2.28. The van der Waals surface area contributed by atoms with Gasteiger partial charge in [0, 0.05) is 75.8 Å². The van der Waals surface area contributed by atoms with Gasteiger partial charge >= 0.3 is 0 Å². The number of anilines is 2. The summed E-state index contributed by atoms with van der Waals surface area (Å²) in [6.45, 7) is 5.48. The van der Waals surface area contributed by atoms with E-state index < -0.39 is 0 Å². The molecule has 0 atom stereocenters. The molecule has 0 bridgehead atoms. The first-order valence-corrected chi connectivity index (χ1v) is 14.3. The second-order valence-corrected chi connectivity index (χ2v) is 10.4. The predicted molar refractivity (Wildman–Crippen MR) is 162 cm³/mol. The summed E-state index contributed by atoms with van der Waals surface area (Å²) in [5.41, 5.74) is 2.50. The van der Waals surface area contributed by atoms with Crippen molar-refractivity contribution in [2.75, 3.05) is 77.3 Å². The number of piperazine rings is 1. The molecule has 9 nitrogen and oxygen atoms in total. The number of halogens is 3. The zero-order valence-corrected chi connectivity index (χ0v) is 25.3. The molecule has 2 aromatic rings. The Morgan fingerprint density at radius 3 is 2.42 bits per heavy atom. The molecule has 1 aromatic carbocycles. The van der Waals surface area contributed by atoms with Crippen LogP contribution in [0.2, 0.25) is 10.0 Å². The third kappa shape index (κ3) is 6.30. The average molecular weight is 673 g/mol. The quantitative estimate of drug-likeness (QED) is 0.304. The fourth-order valence-electron chi connectivity index (χ4n) is 4.71. The third-order valence-electron chi connectivity index (χ3n) is 6.70. The van der Waals surface area contributed by atoms with Gasteiger partial charge in [-0.25, -0.2) is 4.98 Å². The van der Waals surface area contributed by atoms with Crippen LogP contribution in [-0.4, -0.2) is 92.8 Å². The first-order valence-electron chi connectivity index (χ1n) is 12.3. The summed E-state index contributed by atoms with van der Waals surface area (Å²) in [5, 5.41) is 3.90. The van der Waals surface area contributed by atoms with Gasteiger partial charge in [-0.15, -0.1) is 0 Å². The second-order valence-electron chi connectivity index (χ2n) is 8.91. The molecule has 1 amide bonds. The molecule has 2 aliphatic rings. The van der Waals surface area contributed by atoms with E-state index in [0.717, 1.165) is 62.6 Å². The van der Waals surface area contributed by atoms with E-state index in [2.05, 4.69) is 42.7 Å². The normalized spacial score (nSPS) is 15.9. The molecule has 12 heteroatoms. The standard InChI is InChI=1S/C26H31Cl2IN6O3/c1-30-26-31-15-17-13-18(22-23(27)19(37-2)14-20(38-3)24(22)28)16-35(25(17)32-26)8-4-7-33-9-11-34(12-10-33)21(36)5-6-29/h5-6,13-15H,4,7-12,16H2,1-3H3,(H,30,31,32)/b6-5+. The minimum Gasteiger partial charge on any atom is -0.495 e. The number of ether oxygens (including phenoxy) is 2. The molecule has 2 aliphatic heterocycles. The Morgan fingerprint density at radius 2 is 1.82 bits per heavy atom. The van der Waals surface area contributed by atoms with Crippen LogP contribution in [0.25, 0.3) is 11.6 Å². The van der Waals surface area contributed by atoms with Crippen molar-refractivity contribution < 1.29 is 14.3 Å². The van der Waals surface area contributed by atoms with Gasteiger partial charge < -0.3 is 24.6 Å². The van der Waals surface area contributed by atoms with Crippen molar-refractivity contribution >= 4 is 75.1 Å². The molecular weight excluding hydrogens is 642 g/mol. The molecule has 0 unspecified atom stereocenters. The van der Waals surface area contributed by atoms with Gasteiger partial charge in [-0.2, -0.15) is 4.98 Å². The van der Waals surface area contributed by atoms with E-state index in [1.807, 2.05) is 11.0 Å². The maximum Gasteiger partial charge on any atom is 0.247 e. The highest BCUT2D eigenvalue weighted by Crippen LogP contribution is 2.45. The lowest BCUT2D eigenvalue weighted by Crippen LogP contribution is -2.48. The highest BCUT2D eigenvalue weighted by Gasteiger charge is 2.27. The summed E-state index contributed by atoms with van der Waals surface area (Å²) in [4.78, 5) is 27.8. The molecule has 3 heterocycles. The molecule has 1 fully saturated rings. The van der Waals surface area contributed by atoms with Crippen LogP contribution < -0.4 is 19.7 Å². The lowest BCUT2D eigenvalue weighted by atomic mass is 9.98. The Balaban J connectivity index is 1.53. The summed E-state index contributed by atoms with van der Waals surface area (Å²) in [6, 6.07) is 1.69. The molecule has 4 rings (SSSR count). The van der Waals surface area contributed by atoms with Crippen LogP contribution >= 0.6 is 45.8 Å². The number of hydrogen-bond acceptors (Lipinski definition) is 8. The molecule has 204 valence electrons. The monoisotopic (exact) mass is 672 g/mol. The lowest BCUT2D eigenvalue weighted by Gasteiger charge is -2.35. The van der Waals surface area contributed by atoms with Crippen molar-refractivity contribution in [3.8, 4) is 11.5 Å². The maximum absolute atomic E-state index is 12.1. The van der Waals surface area contributed by atoms with Gasteiger partial charge in [-0.1, -0.05) is 45.8 Å². The van der Waals surface area contributed by atoms with Crippen LogP contribution in [0.1, 0.15) is 17.5 Å². The Labute approximate surface area is 246 Å². The number of nitrogens with one attached hydrogen (secondary N) is 1. The number of rotatable bonds is 9. The zero-order chi connectivity index (χ0) is 27.2. The van der Waals surface area contributed by atoms with E-state index in [4.69, 9.17) is 37.7 Å². The highest BCUT2D eigenvalue weighted by atomic mass is 127. The van der Waals surface area contributed by atoms with Crippen LogP contribution in [0.15, 0.2) is 22.4 Å². The number of fused-ring (bicyclic) bond motifs is 1. The van der Waals surface area contributed by atoms with Crippen LogP contribution in [0.3, 0.4) is 0 Å². The van der Waals surface area contributed by atoms with Crippen molar-refractivity contribution in [1.29, 1.82) is 0 Å². The topological polar surface area (TPSA) is 83.1 Å². The molecule has 1 N–H and O–H groups in total. The van der Waals surface area contributed by atoms with Gasteiger partial charge in [-0.3, -0.25) is 9.69 Å². The maximum atomic E-state index is 12.1. The van der Waals surface area contributed by atoms with Crippen LogP contribution in [0.4, 0.5) is 11.8 Å². The van der Waals surface area contributed by atoms with Gasteiger partial charge in [0.1, 0.15) is 17.3 Å². The fourth-order valence-corrected chi connectivity index (χ4v) is 5.76. The summed E-state index contributed by atoms with van der Waals surface area (Å²) in [6.07, 6.45) is 6.38. The van der Waals surface area contributed by atoms with E-state index in [9.17, 15) is 4.79 Å². The first-order chi connectivity index (χ1) is 18.4. The Bertz CT molecular complexity index is 1210. The van der Waals surface area contributed by atoms with Gasteiger partial charge in [-0.05, 0) is 28.7 Å². The number of methoxy groups -OCH3 is 2. The number of aromatic nitrogens is 2. The number of nitrogens with zero attached hydrogens (tertiary/aromatic N) is 5. The van der Waals surface area contributed by atoms with Gasteiger partial charge in [0.25, 0.3) is 0 Å². The number of amides is 1. The minimum absolute atomic E-state index is 0.0785. The van der Waals surface area contributed by atoms with Crippen LogP contribution in [0.5, 0.6) is 11.5 Å². The summed E-state index contributed by atoms with van der Waals surface area (Å²) in [7, 11) is 4.94. The first kappa shape index (κ1) is 28.7. The highest BCUT2D eigenvalue weighted by molar-refractivity contribution is 14.1. The number of carbonyl (C=O) groups is 1. The molecule has 0 radical (unpaired) electrons. The molecule has 0 spiro atoms. The zero-order valence-electron chi connectivity index (χ0n) is 21.6. The smallest absolute Gasteiger partial charge is 0.247 e. The molecule has 0 saturated carbocycles. The third-order valence-corrected chi connectivity index (χ3v) is 7.81. The second kappa shape index (κ2) is 13.2. The molecule has 0 aliphatic carbocycles. The molecule has 38 heavy (non-hydrogen) atoms. The fraction of sp³-hybridized carbons (Fsp3) is 0.423. The van der Waals surface area contributed by atoms with Gasteiger partial charge in [0.2, 0.25) is 11.9 Å². The number of carbonyl (C=O) groups excluding carboxylic acids is 1.